The third kappa shape index (κ3) is 8.53. The number of Topliss-reactive ketones (excluding diaryl/α,β-unsaturated/α-hetero) is 1. The van der Waals surface area contributed by atoms with E-state index in [-0.39, 0.29) is 6.42 Å². The molecule has 0 aliphatic rings. The maximum atomic E-state index is 13.2. The van der Waals surface area contributed by atoms with Crippen molar-refractivity contribution < 1.29 is 14.4 Å². The summed E-state index contributed by atoms with van der Waals surface area (Å²) in [6.07, 6.45) is 6.29. The molecular formula is C32H37N3O3. The van der Waals surface area contributed by atoms with Crippen molar-refractivity contribution in [2.24, 2.45) is 5.73 Å². The molecule has 0 aliphatic heterocycles. The van der Waals surface area contributed by atoms with Gasteiger partial charge in [-0.15, -0.1) is 0 Å². The third-order valence-electron chi connectivity index (χ3n) is 6.27. The third-order valence-corrected chi connectivity index (χ3v) is 6.27. The van der Waals surface area contributed by atoms with Crippen LogP contribution in [0.25, 0.3) is 12.2 Å². The molecule has 38 heavy (non-hydrogen) atoms. The number of rotatable bonds is 14. The summed E-state index contributed by atoms with van der Waals surface area (Å²) in [7, 11) is 0. The van der Waals surface area contributed by atoms with Crippen molar-refractivity contribution in [3.8, 4) is 0 Å². The lowest BCUT2D eigenvalue weighted by atomic mass is 10.00. The Morgan fingerprint density at radius 2 is 1.45 bits per heavy atom. The maximum Gasteiger partial charge on any atom is 0.287 e. The smallest absolute Gasteiger partial charge is 0.287 e. The summed E-state index contributed by atoms with van der Waals surface area (Å²) in [5.74, 6) is -2.34. The summed E-state index contributed by atoms with van der Waals surface area (Å²) >= 11 is 0. The first kappa shape index (κ1) is 28.5. The number of primary amides is 1. The van der Waals surface area contributed by atoms with Gasteiger partial charge in [0.25, 0.3) is 11.8 Å². The van der Waals surface area contributed by atoms with Crippen LogP contribution in [0.5, 0.6) is 0 Å². The largest absolute Gasteiger partial charge is 0.363 e. The summed E-state index contributed by atoms with van der Waals surface area (Å²) in [5.41, 5.74) is 9.48. The van der Waals surface area contributed by atoms with Gasteiger partial charge in [-0.1, -0.05) is 98.8 Å². The number of ketones is 1. The molecule has 3 aromatic rings. The highest BCUT2D eigenvalue weighted by molar-refractivity contribution is 6.38. The van der Waals surface area contributed by atoms with Gasteiger partial charge in [0.05, 0.1) is 0 Å². The second-order valence-corrected chi connectivity index (χ2v) is 9.38. The van der Waals surface area contributed by atoms with Crippen molar-refractivity contribution in [2.75, 3.05) is 13.1 Å². The molecule has 198 valence electrons. The predicted octanol–water partition coefficient (Wildman–Crippen LogP) is 4.87. The van der Waals surface area contributed by atoms with Crippen LogP contribution in [0.15, 0.2) is 78.9 Å². The van der Waals surface area contributed by atoms with Crippen LogP contribution < -0.4 is 11.1 Å². The summed E-state index contributed by atoms with van der Waals surface area (Å²) in [4.78, 5) is 39.8. The Bertz CT molecular complexity index is 1230. The molecule has 0 spiro atoms. The van der Waals surface area contributed by atoms with Crippen molar-refractivity contribution >= 4 is 29.7 Å². The van der Waals surface area contributed by atoms with Crippen molar-refractivity contribution in [1.82, 2.24) is 10.2 Å². The van der Waals surface area contributed by atoms with Crippen LogP contribution in [0.1, 0.15) is 59.3 Å². The van der Waals surface area contributed by atoms with Gasteiger partial charge in [-0.2, -0.15) is 0 Å². The summed E-state index contributed by atoms with van der Waals surface area (Å²) in [5, 5.41) is 2.72. The number of carbonyl (C=O) groups is 3. The highest BCUT2D eigenvalue weighted by Gasteiger charge is 2.26. The van der Waals surface area contributed by atoms with E-state index in [2.05, 4.69) is 48.3 Å². The SMILES string of the molecule is CCCN(CCC)Cc1ccc(/C=C/c2ccccc2C(=O)NC(Cc2ccccc2)C(=O)C(N)=O)cc1. The summed E-state index contributed by atoms with van der Waals surface area (Å²) < 4.78 is 0. The number of nitrogens with two attached hydrogens (primary N) is 1. The molecule has 6 nitrogen and oxygen atoms in total. The van der Waals surface area contributed by atoms with Crippen molar-refractivity contribution in [1.29, 1.82) is 0 Å². The van der Waals surface area contributed by atoms with Crippen molar-refractivity contribution in [3.63, 3.8) is 0 Å². The van der Waals surface area contributed by atoms with Crippen LogP contribution in [-0.2, 0) is 22.6 Å². The highest BCUT2D eigenvalue weighted by Crippen LogP contribution is 2.16. The average Bonchev–Trinajstić information content (AvgIpc) is 2.93. The van der Waals surface area contributed by atoms with Crippen LogP contribution in [0.3, 0.4) is 0 Å². The molecule has 3 N–H and O–H groups in total. The van der Waals surface area contributed by atoms with Gasteiger partial charge in [0.2, 0.25) is 5.78 Å². The number of hydrogen-bond donors (Lipinski definition) is 2. The molecule has 0 saturated carbocycles. The first-order valence-corrected chi connectivity index (χ1v) is 13.2. The van der Waals surface area contributed by atoms with Gasteiger partial charge in [0.1, 0.15) is 6.04 Å². The monoisotopic (exact) mass is 511 g/mol. The molecule has 0 aliphatic carbocycles. The highest BCUT2D eigenvalue weighted by atomic mass is 16.2. The molecule has 0 radical (unpaired) electrons. The lowest BCUT2D eigenvalue weighted by Crippen LogP contribution is -2.47. The minimum absolute atomic E-state index is 0.173. The molecule has 0 aromatic heterocycles. The normalized spacial score (nSPS) is 12.0. The van der Waals surface area contributed by atoms with Crippen LogP contribution in [-0.4, -0.2) is 41.6 Å². The maximum absolute atomic E-state index is 13.2. The second-order valence-electron chi connectivity index (χ2n) is 9.38. The fourth-order valence-electron chi connectivity index (χ4n) is 4.40. The topological polar surface area (TPSA) is 92.5 Å². The molecule has 3 rings (SSSR count). The number of carbonyl (C=O) groups excluding carboxylic acids is 3. The molecule has 6 heteroatoms. The molecule has 2 amide bonds. The van der Waals surface area contributed by atoms with E-state index in [9.17, 15) is 14.4 Å². The Kier molecular flexibility index (Phi) is 11.0. The summed E-state index contributed by atoms with van der Waals surface area (Å²) in [6.45, 7) is 7.52. The molecule has 0 saturated heterocycles. The van der Waals surface area contributed by atoms with E-state index in [1.54, 1.807) is 12.1 Å². The Morgan fingerprint density at radius 3 is 2.08 bits per heavy atom. The molecule has 0 bridgehead atoms. The lowest BCUT2D eigenvalue weighted by molar-refractivity contribution is -0.137. The molecule has 1 atom stereocenters. The zero-order chi connectivity index (χ0) is 27.3. The lowest BCUT2D eigenvalue weighted by Gasteiger charge is -2.21. The van der Waals surface area contributed by atoms with Crippen LogP contribution in [0, 0.1) is 0 Å². The van der Waals surface area contributed by atoms with E-state index < -0.39 is 23.6 Å². The Morgan fingerprint density at radius 1 is 0.816 bits per heavy atom. The quantitative estimate of drug-likeness (QED) is 0.238. The van der Waals surface area contributed by atoms with Gasteiger partial charge in [-0.25, -0.2) is 0 Å². The fourth-order valence-corrected chi connectivity index (χ4v) is 4.40. The zero-order valence-corrected chi connectivity index (χ0v) is 22.2. The van der Waals surface area contributed by atoms with E-state index in [0.29, 0.717) is 11.1 Å². The number of nitrogens with one attached hydrogen (secondary N) is 1. The average molecular weight is 512 g/mol. The minimum atomic E-state index is -1.07. The van der Waals surface area contributed by atoms with Gasteiger partial charge in [0.15, 0.2) is 0 Å². The van der Waals surface area contributed by atoms with Crippen LogP contribution in [0.2, 0.25) is 0 Å². The fraction of sp³-hybridized carbons (Fsp3) is 0.281. The molecule has 3 aromatic carbocycles. The Labute approximate surface area is 225 Å². The van der Waals surface area contributed by atoms with Crippen molar-refractivity contribution in [3.05, 3.63) is 107 Å². The molecule has 0 heterocycles. The van der Waals surface area contributed by atoms with E-state index in [1.807, 2.05) is 54.6 Å². The summed E-state index contributed by atoms with van der Waals surface area (Å²) in [6, 6.07) is 23.7. The molecule has 1 unspecified atom stereocenters. The van der Waals surface area contributed by atoms with Gasteiger partial charge in [0, 0.05) is 18.5 Å². The van der Waals surface area contributed by atoms with E-state index in [1.165, 1.54) is 5.56 Å². The van der Waals surface area contributed by atoms with Gasteiger partial charge < -0.3 is 11.1 Å². The number of benzene rings is 3. The van der Waals surface area contributed by atoms with Gasteiger partial charge >= 0.3 is 0 Å². The number of amides is 2. The molecule has 0 fully saturated rings. The van der Waals surface area contributed by atoms with Gasteiger partial charge in [-0.05, 0) is 54.3 Å². The minimum Gasteiger partial charge on any atom is -0.363 e. The van der Waals surface area contributed by atoms with Crippen LogP contribution >= 0.6 is 0 Å². The predicted molar refractivity (Wildman–Crippen MR) is 153 cm³/mol. The van der Waals surface area contributed by atoms with E-state index >= 15 is 0 Å². The number of nitrogens with zero attached hydrogens (tertiary/aromatic N) is 1. The van der Waals surface area contributed by atoms with E-state index in [0.717, 1.165) is 43.6 Å². The number of hydrogen-bond acceptors (Lipinski definition) is 4. The van der Waals surface area contributed by atoms with Crippen molar-refractivity contribution in [2.45, 2.75) is 45.7 Å². The van der Waals surface area contributed by atoms with Gasteiger partial charge in [-0.3, -0.25) is 19.3 Å². The standard InChI is InChI=1S/C32H37N3O3/c1-3-20-35(21-4-2)23-26-16-14-24(15-17-26)18-19-27-12-8-9-13-28(27)32(38)34-29(30(36)31(33)37)22-25-10-6-5-7-11-25/h5-19,29H,3-4,20-23H2,1-2H3,(H2,33,37)(H,34,38)/b19-18+. The zero-order valence-electron chi connectivity index (χ0n) is 22.2. The van der Waals surface area contributed by atoms with E-state index in [4.69, 9.17) is 5.73 Å². The first-order chi connectivity index (χ1) is 18.4. The second kappa shape index (κ2) is 14.6. The Balaban J connectivity index is 1.73. The first-order valence-electron chi connectivity index (χ1n) is 13.2. The molecular weight excluding hydrogens is 474 g/mol. The van der Waals surface area contributed by atoms with Crippen LogP contribution in [0.4, 0.5) is 0 Å². The Hall–Kier alpha value is -4.03.